The first kappa shape index (κ1) is 26.2. The Morgan fingerprint density at radius 2 is 1.31 bits per heavy atom. The van der Waals surface area contributed by atoms with Crippen LogP contribution >= 0.6 is 0 Å². The maximum absolute atomic E-state index is 12.3. The van der Waals surface area contributed by atoms with Gasteiger partial charge in [0, 0.05) is 0 Å². The zero-order valence-corrected chi connectivity index (χ0v) is 15.7. The lowest BCUT2D eigenvalue weighted by atomic mass is 10.1. The number of amides is 3. The van der Waals surface area contributed by atoms with Crippen LogP contribution in [0.2, 0.25) is 0 Å². The largest absolute Gasteiger partial charge is 0.481 e. The molecule has 0 spiro atoms. The van der Waals surface area contributed by atoms with Crippen molar-refractivity contribution in [1.82, 2.24) is 16.0 Å². The summed E-state index contributed by atoms with van der Waals surface area (Å²) in [6.07, 6.45) is -3.72. The number of carbonyl (C=O) groups is 5. The van der Waals surface area contributed by atoms with Crippen LogP contribution in [0.25, 0.3) is 0 Å². The Hall–Kier alpha value is -2.81. The second-order valence-corrected chi connectivity index (χ2v) is 6.24. The summed E-state index contributed by atoms with van der Waals surface area (Å²) < 4.78 is 0. The van der Waals surface area contributed by atoms with E-state index in [1.807, 2.05) is 16.0 Å². The highest BCUT2D eigenvalue weighted by atomic mass is 16.4. The predicted octanol–water partition coefficient (Wildman–Crippen LogP) is -4.92. The molecule has 29 heavy (non-hydrogen) atoms. The Morgan fingerprint density at radius 3 is 1.69 bits per heavy atom. The Bertz CT molecular complexity index is 624. The van der Waals surface area contributed by atoms with Crippen LogP contribution in [-0.4, -0.2) is 98.2 Å². The summed E-state index contributed by atoms with van der Waals surface area (Å²) in [5.74, 6) is -6.26. The number of hydrogen-bond donors (Lipinski definition) is 9. The third kappa shape index (κ3) is 8.82. The molecule has 0 aromatic carbocycles. The summed E-state index contributed by atoms with van der Waals surface area (Å²) in [4.78, 5) is 57.8. The number of nitrogens with two attached hydrogens (primary N) is 1. The Balaban J connectivity index is 5.17. The van der Waals surface area contributed by atoms with Crippen molar-refractivity contribution in [2.24, 2.45) is 5.73 Å². The lowest BCUT2D eigenvalue weighted by Gasteiger charge is -2.26. The van der Waals surface area contributed by atoms with Crippen molar-refractivity contribution in [3.05, 3.63) is 0 Å². The SMILES string of the molecule is CC(O)C(NC(=O)C(CO)NC(=O)C(NC(=O)C(N)CC(=O)O)C(C)O)C(=O)O. The first-order valence-electron chi connectivity index (χ1n) is 8.40. The molecule has 6 unspecified atom stereocenters. The van der Waals surface area contributed by atoms with Gasteiger partial charge in [-0.2, -0.15) is 0 Å². The van der Waals surface area contributed by atoms with E-state index in [-0.39, 0.29) is 0 Å². The number of carboxylic acid groups (broad SMARTS) is 2. The molecule has 0 aliphatic heterocycles. The number of carboxylic acids is 2. The van der Waals surface area contributed by atoms with Crippen molar-refractivity contribution < 1.29 is 49.5 Å². The van der Waals surface area contributed by atoms with E-state index in [4.69, 9.17) is 15.9 Å². The minimum atomic E-state index is -1.71. The Morgan fingerprint density at radius 1 is 0.828 bits per heavy atom. The summed E-state index contributed by atoms with van der Waals surface area (Å²) in [7, 11) is 0. The van der Waals surface area contributed by atoms with E-state index in [2.05, 4.69) is 0 Å². The van der Waals surface area contributed by atoms with E-state index in [1.54, 1.807) is 0 Å². The molecule has 0 aromatic heterocycles. The summed E-state index contributed by atoms with van der Waals surface area (Å²) >= 11 is 0. The first-order chi connectivity index (χ1) is 13.3. The molecule has 0 saturated heterocycles. The molecule has 0 aliphatic carbocycles. The second kappa shape index (κ2) is 11.9. The van der Waals surface area contributed by atoms with Crippen LogP contribution < -0.4 is 21.7 Å². The van der Waals surface area contributed by atoms with Crippen LogP contribution in [0.1, 0.15) is 20.3 Å². The van der Waals surface area contributed by atoms with Crippen LogP contribution in [0.5, 0.6) is 0 Å². The van der Waals surface area contributed by atoms with E-state index in [0.29, 0.717) is 0 Å². The van der Waals surface area contributed by atoms with Gasteiger partial charge in [0.1, 0.15) is 12.1 Å². The Labute approximate surface area is 165 Å². The zero-order chi connectivity index (χ0) is 22.9. The molecule has 0 aliphatic rings. The van der Waals surface area contributed by atoms with Gasteiger partial charge in [-0.3, -0.25) is 19.2 Å². The normalized spacial score (nSPS) is 17.0. The van der Waals surface area contributed by atoms with E-state index in [1.165, 1.54) is 0 Å². The maximum atomic E-state index is 12.3. The van der Waals surface area contributed by atoms with Crippen molar-refractivity contribution in [2.75, 3.05) is 6.61 Å². The molecule has 6 atom stereocenters. The van der Waals surface area contributed by atoms with Crippen molar-refractivity contribution >= 4 is 29.7 Å². The van der Waals surface area contributed by atoms with Gasteiger partial charge in [-0.15, -0.1) is 0 Å². The molecule has 3 amide bonds. The summed E-state index contributed by atoms with van der Waals surface area (Å²) in [5, 5.41) is 51.9. The van der Waals surface area contributed by atoms with Gasteiger partial charge in [-0.05, 0) is 13.8 Å². The lowest BCUT2D eigenvalue weighted by Crippen LogP contribution is -2.61. The summed E-state index contributed by atoms with van der Waals surface area (Å²) in [5.41, 5.74) is 5.36. The number of hydrogen-bond acceptors (Lipinski definition) is 9. The molecule has 0 radical (unpaired) electrons. The van der Waals surface area contributed by atoms with Crippen LogP contribution in [0.15, 0.2) is 0 Å². The number of aliphatic carboxylic acids is 2. The summed E-state index contributed by atoms with van der Waals surface area (Å²) in [6, 6.07) is -6.55. The highest BCUT2D eigenvalue weighted by Gasteiger charge is 2.33. The molecule has 14 nitrogen and oxygen atoms in total. The fourth-order valence-electron chi connectivity index (χ4n) is 2.04. The quantitative estimate of drug-likeness (QED) is 0.144. The molecule has 0 heterocycles. The van der Waals surface area contributed by atoms with E-state index >= 15 is 0 Å². The van der Waals surface area contributed by atoms with Crippen LogP contribution in [0.3, 0.4) is 0 Å². The molecule has 166 valence electrons. The summed E-state index contributed by atoms with van der Waals surface area (Å²) in [6.45, 7) is 1.25. The van der Waals surface area contributed by atoms with Crippen molar-refractivity contribution in [3.8, 4) is 0 Å². The van der Waals surface area contributed by atoms with Gasteiger partial charge in [0.2, 0.25) is 17.7 Å². The molecule has 0 aromatic rings. The van der Waals surface area contributed by atoms with E-state index in [9.17, 15) is 39.3 Å². The van der Waals surface area contributed by atoms with Gasteiger partial charge >= 0.3 is 11.9 Å². The monoisotopic (exact) mass is 422 g/mol. The van der Waals surface area contributed by atoms with Crippen LogP contribution in [0.4, 0.5) is 0 Å². The van der Waals surface area contributed by atoms with E-state index < -0.39 is 79.1 Å². The fraction of sp³-hybridized carbons (Fsp3) is 0.667. The van der Waals surface area contributed by atoms with E-state index in [0.717, 1.165) is 13.8 Å². The maximum Gasteiger partial charge on any atom is 0.328 e. The standard InChI is InChI=1S/C15H26N4O10/c1-5(21)10(18-12(25)7(16)3-9(23)24)14(27)17-8(4-20)13(26)19-11(6(2)22)15(28)29/h5-8,10-11,20-22H,3-4,16H2,1-2H3,(H,17,27)(H,18,25)(H,19,26)(H,23,24)(H,28,29). The molecule has 0 saturated carbocycles. The molecular formula is C15H26N4O10. The van der Waals surface area contributed by atoms with Gasteiger partial charge in [0.15, 0.2) is 6.04 Å². The smallest absolute Gasteiger partial charge is 0.328 e. The van der Waals surface area contributed by atoms with Gasteiger partial charge in [-0.1, -0.05) is 0 Å². The topological polar surface area (TPSA) is 249 Å². The molecule has 0 fully saturated rings. The number of aliphatic hydroxyl groups is 3. The second-order valence-electron chi connectivity index (χ2n) is 6.24. The minimum absolute atomic E-state index is 0.739. The third-order valence-electron chi connectivity index (χ3n) is 3.66. The molecule has 14 heteroatoms. The zero-order valence-electron chi connectivity index (χ0n) is 15.7. The third-order valence-corrected chi connectivity index (χ3v) is 3.66. The predicted molar refractivity (Wildman–Crippen MR) is 94.1 cm³/mol. The van der Waals surface area contributed by atoms with Gasteiger partial charge in [-0.25, -0.2) is 4.79 Å². The van der Waals surface area contributed by atoms with Gasteiger partial charge in [0.25, 0.3) is 0 Å². The highest BCUT2D eigenvalue weighted by molar-refractivity contribution is 5.95. The molecule has 0 rings (SSSR count). The number of carbonyl (C=O) groups excluding carboxylic acids is 3. The molecule has 10 N–H and O–H groups in total. The molecule has 0 bridgehead atoms. The van der Waals surface area contributed by atoms with Gasteiger partial charge < -0.3 is 47.2 Å². The average molecular weight is 422 g/mol. The highest BCUT2D eigenvalue weighted by Crippen LogP contribution is 1.99. The average Bonchev–Trinajstić information content (AvgIpc) is 2.59. The van der Waals surface area contributed by atoms with Crippen molar-refractivity contribution in [1.29, 1.82) is 0 Å². The number of aliphatic hydroxyl groups excluding tert-OH is 3. The van der Waals surface area contributed by atoms with Crippen molar-refractivity contribution in [2.45, 2.75) is 56.6 Å². The van der Waals surface area contributed by atoms with Crippen LogP contribution in [-0.2, 0) is 24.0 Å². The Kier molecular flexibility index (Phi) is 10.7. The lowest BCUT2D eigenvalue weighted by molar-refractivity contribution is -0.145. The molecular weight excluding hydrogens is 396 g/mol. The first-order valence-corrected chi connectivity index (χ1v) is 8.40. The fourth-order valence-corrected chi connectivity index (χ4v) is 2.04. The number of nitrogens with one attached hydrogen (secondary N) is 3. The van der Waals surface area contributed by atoms with Gasteiger partial charge in [0.05, 0.1) is 31.3 Å². The van der Waals surface area contributed by atoms with Crippen molar-refractivity contribution in [3.63, 3.8) is 0 Å². The van der Waals surface area contributed by atoms with Crippen LogP contribution in [0, 0.1) is 0 Å². The number of rotatable bonds is 12. The minimum Gasteiger partial charge on any atom is -0.481 e.